The van der Waals surface area contributed by atoms with Crippen molar-refractivity contribution in [2.45, 2.75) is 36.6 Å². The van der Waals surface area contributed by atoms with Crippen molar-refractivity contribution >= 4 is 21.3 Å². The van der Waals surface area contributed by atoms with Gasteiger partial charge in [-0.05, 0) is 10.9 Å². The van der Waals surface area contributed by atoms with Gasteiger partial charge in [0.1, 0.15) is 53.9 Å². The SMILES string of the molecule is O=S(=O)(O)O[C@@H](CO)[C@H](O)C[S+]1C[C@@H](O)[C@@H](O)[C@H](O)[C@H](O)C1. The topological polar surface area (TPSA) is 185 Å². The van der Waals surface area contributed by atoms with E-state index >= 15 is 0 Å². The molecular formula is C10H21O10S2+. The number of aliphatic hydroxyl groups is 6. The minimum Gasteiger partial charge on any atom is -0.394 e. The number of aliphatic hydroxyl groups excluding tert-OH is 6. The maximum Gasteiger partial charge on any atom is 0.397 e. The molecule has 12 heteroatoms. The van der Waals surface area contributed by atoms with Crippen LogP contribution in [-0.2, 0) is 25.5 Å². The fourth-order valence-electron chi connectivity index (χ4n) is 2.06. The Morgan fingerprint density at radius 3 is 1.91 bits per heavy atom. The Kier molecular flexibility index (Phi) is 7.45. The molecule has 7 N–H and O–H groups in total. The molecule has 1 aliphatic rings. The van der Waals surface area contributed by atoms with Gasteiger partial charge < -0.3 is 30.6 Å². The second-order valence-corrected chi connectivity index (χ2v) is 8.31. The Bertz CT molecular complexity index is 427. The second-order valence-electron chi connectivity index (χ2n) is 5.04. The second kappa shape index (κ2) is 8.19. The highest BCUT2D eigenvalue weighted by Gasteiger charge is 2.43. The molecule has 0 aliphatic carbocycles. The molecule has 22 heavy (non-hydrogen) atoms. The van der Waals surface area contributed by atoms with Crippen molar-refractivity contribution in [2.75, 3.05) is 23.9 Å². The summed E-state index contributed by atoms with van der Waals surface area (Å²) in [6.07, 6.45) is -8.81. The van der Waals surface area contributed by atoms with Crippen LogP contribution in [0.4, 0.5) is 0 Å². The largest absolute Gasteiger partial charge is 0.397 e. The zero-order valence-corrected chi connectivity index (χ0v) is 13.1. The molecule has 0 saturated carbocycles. The van der Waals surface area contributed by atoms with Crippen molar-refractivity contribution in [1.29, 1.82) is 0 Å². The van der Waals surface area contributed by atoms with Gasteiger partial charge >= 0.3 is 10.4 Å². The first kappa shape index (κ1) is 20.0. The number of hydrogen-bond donors (Lipinski definition) is 7. The molecule has 0 bridgehead atoms. The van der Waals surface area contributed by atoms with Crippen molar-refractivity contribution in [2.24, 2.45) is 0 Å². The molecule has 1 rings (SSSR count). The van der Waals surface area contributed by atoms with Crippen LogP contribution in [0.3, 0.4) is 0 Å². The van der Waals surface area contributed by atoms with Crippen LogP contribution in [0.5, 0.6) is 0 Å². The Morgan fingerprint density at radius 2 is 1.55 bits per heavy atom. The lowest BCUT2D eigenvalue weighted by atomic mass is 10.1. The average Bonchev–Trinajstić information content (AvgIpc) is 2.48. The smallest absolute Gasteiger partial charge is 0.394 e. The van der Waals surface area contributed by atoms with Crippen molar-refractivity contribution in [3.8, 4) is 0 Å². The highest BCUT2D eigenvalue weighted by Crippen LogP contribution is 2.19. The molecule has 1 saturated heterocycles. The third-order valence-electron chi connectivity index (χ3n) is 3.21. The Balaban J connectivity index is 2.71. The summed E-state index contributed by atoms with van der Waals surface area (Å²) in [5.41, 5.74) is 0. The third-order valence-corrected chi connectivity index (χ3v) is 6.14. The molecule has 0 radical (unpaired) electrons. The van der Waals surface area contributed by atoms with Gasteiger partial charge in [-0.15, -0.1) is 0 Å². The summed E-state index contributed by atoms with van der Waals surface area (Å²) >= 11 is 0. The van der Waals surface area contributed by atoms with Crippen LogP contribution >= 0.6 is 0 Å². The molecule has 0 aromatic heterocycles. The third kappa shape index (κ3) is 5.88. The summed E-state index contributed by atoms with van der Waals surface area (Å²) in [6, 6.07) is 0. The Morgan fingerprint density at radius 1 is 1.09 bits per heavy atom. The first-order valence-electron chi connectivity index (χ1n) is 6.36. The van der Waals surface area contributed by atoms with E-state index in [1.807, 2.05) is 0 Å². The standard InChI is InChI=1S/C10H20O10S2/c11-1-8(20-22(17,18)19)5(12)2-21-3-6(13)9(15)10(16)7(14)4-21/h5-16H,1-4H2/p+1/t5-,6-,7-,8+,9-,10-/m1/s1. The van der Waals surface area contributed by atoms with E-state index in [-0.39, 0.29) is 17.3 Å². The monoisotopic (exact) mass is 365 g/mol. The fraction of sp³-hybridized carbons (Fsp3) is 1.00. The van der Waals surface area contributed by atoms with Crippen LogP contribution in [0.15, 0.2) is 0 Å². The lowest BCUT2D eigenvalue weighted by molar-refractivity contribution is -0.0894. The van der Waals surface area contributed by atoms with Crippen molar-refractivity contribution in [3.05, 3.63) is 0 Å². The van der Waals surface area contributed by atoms with Gasteiger partial charge in [0.05, 0.1) is 6.61 Å². The van der Waals surface area contributed by atoms with E-state index in [0.717, 1.165) is 0 Å². The Labute approximate surface area is 130 Å². The van der Waals surface area contributed by atoms with Crippen LogP contribution in [0.25, 0.3) is 0 Å². The number of rotatable bonds is 6. The molecule has 1 heterocycles. The van der Waals surface area contributed by atoms with E-state index in [0.29, 0.717) is 0 Å². The summed E-state index contributed by atoms with van der Waals surface area (Å²) < 4.78 is 33.9. The molecule has 0 aromatic carbocycles. The zero-order chi connectivity index (χ0) is 17.1. The van der Waals surface area contributed by atoms with Crippen LogP contribution in [-0.4, -0.2) is 104 Å². The van der Waals surface area contributed by atoms with Gasteiger partial charge in [-0.3, -0.25) is 4.55 Å². The van der Waals surface area contributed by atoms with Crippen molar-refractivity contribution in [1.82, 2.24) is 0 Å². The summed E-state index contributed by atoms with van der Waals surface area (Å²) in [6.45, 7) is -0.880. The molecule has 0 aromatic rings. The Hall–Kier alpha value is -0.0200. The highest BCUT2D eigenvalue weighted by atomic mass is 32.3. The summed E-state index contributed by atoms with van der Waals surface area (Å²) in [5, 5.41) is 57.4. The van der Waals surface area contributed by atoms with E-state index < -0.39 is 64.5 Å². The molecule has 1 fully saturated rings. The molecule has 1 aliphatic heterocycles. The normalized spacial score (nSPS) is 36.6. The summed E-state index contributed by atoms with van der Waals surface area (Å²) in [5.74, 6) is -0.221. The summed E-state index contributed by atoms with van der Waals surface area (Å²) in [7, 11) is -5.75. The van der Waals surface area contributed by atoms with E-state index in [9.17, 15) is 34.0 Å². The van der Waals surface area contributed by atoms with Crippen molar-refractivity contribution < 1.29 is 47.8 Å². The van der Waals surface area contributed by atoms with E-state index in [2.05, 4.69) is 4.18 Å². The highest BCUT2D eigenvalue weighted by molar-refractivity contribution is 7.97. The predicted molar refractivity (Wildman–Crippen MR) is 75.5 cm³/mol. The quantitative estimate of drug-likeness (QED) is 0.179. The van der Waals surface area contributed by atoms with Gasteiger partial charge in [0, 0.05) is 0 Å². The first-order chi connectivity index (χ1) is 10.0. The van der Waals surface area contributed by atoms with E-state index in [1.165, 1.54) is 0 Å². The van der Waals surface area contributed by atoms with Crippen LogP contribution in [0.1, 0.15) is 0 Å². The predicted octanol–water partition coefficient (Wildman–Crippen LogP) is -4.40. The molecule has 0 spiro atoms. The van der Waals surface area contributed by atoms with Gasteiger partial charge in [0.25, 0.3) is 0 Å². The molecule has 0 unspecified atom stereocenters. The molecule has 6 atom stereocenters. The van der Waals surface area contributed by atoms with Crippen molar-refractivity contribution in [3.63, 3.8) is 0 Å². The maximum absolute atomic E-state index is 10.6. The van der Waals surface area contributed by atoms with Gasteiger partial charge in [-0.2, -0.15) is 8.42 Å². The summed E-state index contributed by atoms with van der Waals surface area (Å²) in [4.78, 5) is 0. The lowest BCUT2D eigenvalue weighted by Gasteiger charge is -2.20. The van der Waals surface area contributed by atoms with E-state index in [1.54, 1.807) is 0 Å². The zero-order valence-electron chi connectivity index (χ0n) is 11.5. The first-order valence-corrected chi connectivity index (χ1v) is 9.46. The fourth-order valence-corrected chi connectivity index (χ4v) is 5.03. The molecule has 132 valence electrons. The van der Waals surface area contributed by atoms with Gasteiger partial charge in [0.15, 0.2) is 0 Å². The molecular weight excluding hydrogens is 344 g/mol. The molecule has 10 nitrogen and oxygen atoms in total. The van der Waals surface area contributed by atoms with Gasteiger partial charge in [-0.25, -0.2) is 4.18 Å². The lowest BCUT2D eigenvalue weighted by Crippen LogP contribution is -2.43. The minimum atomic E-state index is -4.86. The maximum atomic E-state index is 10.6. The molecule has 0 amide bonds. The average molecular weight is 365 g/mol. The number of hydrogen-bond acceptors (Lipinski definition) is 9. The van der Waals surface area contributed by atoms with E-state index in [4.69, 9.17) is 9.66 Å². The van der Waals surface area contributed by atoms with Crippen LogP contribution in [0, 0.1) is 0 Å². The minimum absolute atomic E-state index is 0.0314. The van der Waals surface area contributed by atoms with Crippen LogP contribution in [0.2, 0.25) is 0 Å². The van der Waals surface area contributed by atoms with Gasteiger partial charge in [0.2, 0.25) is 0 Å². The van der Waals surface area contributed by atoms with Crippen LogP contribution < -0.4 is 0 Å². The van der Waals surface area contributed by atoms with Gasteiger partial charge in [-0.1, -0.05) is 0 Å².